The van der Waals surface area contributed by atoms with E-state index in [2.05, 4.69) is 0 Å². The number of ether oxygens (including phenoxy) is 1. The van der Waals surface area contributed by atoms with E-state index in [4.69, 9.17) is 10.5 Å². The Morgan fingerprint density at radius 2 is 2.38 bits per heavy atom. The zero-order valence-electron chi connectivity index (χ0n) is 8.16. The van der Waals surface area contributed by atoms with Crippen LogP contribution in [0.1, 0.15) is 13.3 Å². The molecule has 0 radical (unpaired) electrons. The normalized spacial score (nSPS) is 13.2. The monoisotopic (exact) mass is 203 g/mol. The number of carbonyl (C=O) groups is 1. The summed E-state index contributed by atoms with van der Waals surface area (Å²) < 4.78 is 4.71. The van der Waals surface area contributed by atoms with Crippen LogP contribution in [0.25, 0.3) is 0 Å². The van der Waals surface area contributed by atoms with Crippen LogP contribution in [-0.4, -0.2) is 30.6 Å². The smallest absolute Gasteiger partial charge is 0.330 e. The summed E-state index contributed by atoms with van der Waals surface area (Å²) in [5.41, 5.74) is 5.70. The molecule has 0 saturated heterocycles. The molecule has 0 bridgehead atoms. The molecule has 13 heavy (non-hydrogen) atoms. The minimum atomic E-state index is -0.317. The van der Waals surface area contributed by atoms with Crippen LogP contribution >= 0.6 is 11.8 Å². The van der Waals surface area contributed by atoms with Crippen LogP contribution in [0.3, 0.4) is 0 Å². The second kappa shape index (κ2) is 8.13. The Morgan fingerprint density at radius 3 is 2.92 bits per heavy atom. The fourth-order valence-electron chi connectivity index (χ4n) is 0.743. The molecule has 3 nitrogen and oxygen atoms in total. The molecule has 1 atom stereocenters. The van der Waals surface area contributed by atoms with E-state index in [0.29, 0.717) is 6.61 Å². The highest BCUT2D eigenvalue weighted by Crippen LogP contribution is 1.99. The minimum Gasteiger partial charge on any atom is -0.463 e. The predicted octanol–water partition coefficient (Wildman–Crippen LogP) is 1.19. The first-order chi connectivity index (χ1) is 6.20. The molecule has 0 aromatic carbocycles. The third kappa shape index (κ3) is 7.87. The highest BCUT2D eigenvalue weighted by atomic mass is 32.2. The van der Waals surface area contributed by atoms with Crippen molar-refractivity contribution < 1.29 is 9.53 Å². The standard InChI is InChI=1S/C9H17NO2S/c1-3-12-9(11)5-4-8(10)6-7-13-2/h4-5,8H,3,6-7,10H2,1-2H3/b5-4+/t8-/m1/s1. The lowest BCUT2D eigenvalue weighted by atomic mass is 10.2. The van der Waals surface area contributed by atoms with Gasteiger partial charge in [0.05, 0.1) is 6.61 Å². The molecule has 0 heterocycles. The molecule has 0 amide bonds. The SMILES string of the molecule is CCOC(=O)/C=C/[C@@H](N)CCSC. The number of rotatable bonds is 6. The first-order valence-corrected chi connectivity index (χ1v) is 5.69. The molecular formula is C9H17NO2S. The maximum atomic E-state index is 10.9. The van der Waals surface area contributed by atoms with E-state index in [1.165, 1.54) is 6.08 Å². The van der Waals surface area contributed by atoms with E-state index < -0.39 is 0 Å². The van der Waals surface area contributed by atoms with Crippen LogP contribution < -0.4 is 5.73 Å². The molecule has 4 heteroatoms. The van der Waals surface area contributed by atoms with Gasteiger partial charge in [-0.25, -0.2) is 4.79 Å². The fourth-order valence-corrected chi connectivity index (χ4v) is 1.25. The Morgan fingerprint density at radius 1 is 1.69 bits per heavy atom. The van der Waals surface area contributed by atoms with Gasteiger partial charge in [0.1, 0.15) is 0 Å². The topological polar surface area (TPSA) is 52.3 Å². The number of nitrogens with two attached hydrogens (primary N) is 1. The number of esters is 1. The van der Waals surface area contributed by atoms with Gasteiger partial charge in [-0.3, -0.25) is 0 Å². The summed E-state index contributed by atoms with van der Waals surface area (Å²) in [5.74, 6) is 0.691. The van der Waals surface area contributed by atoms with E-state index in [9.17, 15) is 4.79 Å². The summed E-state index contributed by atoms with van der Waals surface area (Å²) in [7, 11) is 0. The highest BCUT2D eigenvalue weighted by molar-refractivity contribution is 7.98. The molecule has 0 aliphatic rings. The minimum absolute atomic E-state index is 0.0446. The quantitative estimate of drug-likeness (QED) is 0.520. The van der Waals surface area contributed by atoms with Gasteiger partial charge in [0.15, 0.2) is 0 Å². The second-order valence-electron chi connectivity index (χ2n) is 2.56. The largest absolute Gasteiger partial charge is 0.463 e. The summed E-state index contributed by atoms with van der Waals surface area (Å²) in [6.45, 7) is 2.18. The Bertz CT molecular complexity index is 171. The summed E-state index contributed by atoms with van der Waals surface area (Å²) in [6, 6.07) is -0.0446. The molecule has 0 aliphatic heterocycles. The van der Waals surface area contributed by atoms with Crippen molar-refractivity contribution in [1.82, 2.24) is 0 Å². The summed E-state index contributed by atoms with van der Waals surface area (Å²) in [4.78, 5) is 10.9. The van der Waals surface area contributed by atoms with Crippen molar-refractivity contribution >= 4 is 17.7 Å². The van der Waals surface area contributed by atoms with Crippen LogP contribution in [0.4, 0.5) is 0 Å². The Hall–Kier alpha value is -0.480. The molecule has 0 saturated carbocycles. The molecule has 0 unspecified atom stereocenters. The van der Waals surface area contributed by atoms with Crippen molar-refractivity contribution in [3.8, 4) is 0 Å². The third-order valence-corrected chi connectivity index (χ3v) is 2.07. The molecule has 76 valence electrons. The Labute approximate surface area is 83.7 Å². The van der Waals surface area contributed by atoms with E-state index >= 15 is 0 Å². The van der Waals surface area contributed by atoms with Crippen molar-refractivity contribution in [1.29, 1.82) is 0 Å². The molecule has 0 aromatic heterocycles. The van der Waals surface area contributed by atoms with Crippen LogP contribution in [0.2, 0.25) is 0 Å². The average Bonchev–Trinajstić information content (AvgIpc) is 2.12. The van der Waals surface area contributed by atoms with E-state index in [1.54, 1.807) is 24.8 Å². The van der Waals surface area contributed by atoms with Gasteiger partial charge >= 0.3 is 5.97 Å². The molecule has 0 aromatic rings. The van der Waals surface area contributed by atoms with Gasteiger partial charge in [0.2, 0.25) is 0 Å². The Balaban J connectivity index is 3.62. The number of carbonyl (C=O) groups excluding carboxylic acids is 1. The van der Waals surface area contributed by atoms with E-state index in [1.807, 2.05) is 6.26 Å². The van der Waals surface area contributed by atoms with Crippen molar-refractivity contribution in [2.24, 2.45) is 5.73 Å². The zero-order valence-corrected chi connectivity index (χ0v) is 8.97. The Kier molecular flexibility index (Phi) is 7.83. The zero-order chi connectivity index (χ0) is 10.1. The van der Waals surface area contributed by atoms with Gasteiger partial charge in [-0.05, 0) is 25.4 Å². The third-order valence-electron chi connectivity index (χ3n) is 1.42. The van der Waals surface area contributed by atoms with Crippen molar-refractivity contribution in [3.63, 3.8) is 0 Å². The van der Waals surface area contributed by atoms with Gasteiger partial charge in [0.25, 0.3) is 0 Å². The van der Waals surface area contributed by atoms with Gasteiger partial charge < -0.3 is 10.5 Å². The summed E-state index contributed by atoms with van der Waals surface area (Å²) >= 11 is 1.74. The van der Waals surface area contributed by atoms with Gasteiger partial charge in [-0.15, -0.1) is 0 Å². The highest BCUT2D eigenvalue weighted by Gasteiger charge is 1.98. The first-order valence-electron chi connectivity index (χ1n) is 4.30. The number of hydrogen-bond acceptors (Lipinski definition) is 4. The first kappa shape index (κ1) is 12.5. The van der Waals surface area contributed by atoms with Crippen molar-refractivity contribution in [2.45, 2.75) is 19.4 Å². The molecular weight excluding hydrogens is 186 g/mol. The number of hydrogen-bond donors (Lipinski definition) is 1. The second-order valence-corrected chi connectivity index (χ2v) is 3.54. The van der Waals surface area contributed by atoms with Crippen molar-refractivity contribution in [2.75, 3.05) is 18.6 Å². The van der Waals surface area contributed by atoms with Gasteiger partial charge in [-0.2, -0.15) is 11.8 Å². The van der Waals surface area contributed by atoms with Crippen LogP contribution in [0.15, 0.2) is 12.2 Å². The maximum absolute atomic E-state index is 10.9. The molecule has 0 rings (SSSR count). The van der Waals surface area contributed by atoms with E-state index in [0.717, 1.165) is 12.2 Å². The average molecular weight is 203 g/mol. The van der Waals surface area contributed by atoms with Crippen LogP contribution in [0, 0.1) is 0 Å². The van der Waals surface area contributed by atoms with Crippen LogP contribution in [-0.2, 0) is 9.53 Å². The lowest BCUT2D eigenvalue weighted by Crippen LogP contribution is -2.18. The van der Waals surface area contributed by atoms with Crippen LogP contribution in [0.5, 0.6) is 0 Å². The maximum Gasteiger partial charge on any atom is 0.330 e. The summed E-state index contributed by atoms with van der Waals surface area (Å²) in [6.07, 6.45) is 6.00. The lowest BCUT2D eigenvalue weighted by molar-refractivity contribution is -0.137. The van der Waals surface area contributed by atoms with E-state index in [-0.39, 0.29) is 12.0 Å². The molecule has 0 aliphatic carbocycles. The van der Waals surface area contributed by atoms with Crippen molar-refractivity contribution in [3.05, 3.63) is 12.2 Å². The lowest BCUT2D eigenvalue weighted by Gasteiger charge is -2.03. The molecule has 2 N–H and O–H groups in total. The predicted molar refractivity (Wildman–Crippen MR) is 56.7 cm³/mol. The number of thioether (sulfide) groups is 1. The summed E-state index contributed by atoms with van der Waals surface area (Å²) in [5, 5.41) is 0. The molecule has 0 spiro atoms. The van der Waals surface area contributed by atoms with Gasteiger partial charge in [0, 0.05) is 12.1 Å². The molecule has 0 fully saturated rings. The van der Waals surface area contributed by atoms with Gasteiger partial charge in [-0.1, -0.05) is 6.08 Å². The fraction of sp³-hybridized carbons (Fsp3) is 0.667.